The Kier molecular flexibility index (Phi) is 2.72. The van der Waals surface area contributed by atoms with Crippen molar-refractivity contribution >= 4 is 16.8 Å². The van der Waals surface area contributed by atoms with E-state index in [-0.39, 0.29) is 5.91 Å². The maximum absolute atomic E-state index is 12.2. The standard InChI is InChI=1S/C17H22N2O/c1-16(2)14(17(16,3)4)10-19-15(20)12-5-6-13-11(9-12)7-8-18-13/h5-9,14,18H,10H2,1-4H3,(H,19,20). The van der Waals surface area contributed by atoms with Gasteiger partial charge in [0.25, 0.3) is 5.91 Å². The van der Waals surface area contributed by atoms with Crippen LogP contribution in [-0.2, 0) is 0 Å². The molecule has 1 aromatic carbocycles. The molecule has 1 aliphatic rings. The zero-order chi connectivity index (χ0) is 14.5. The van der Waals surface area contributed by atoms with Crippen molar-refractivity contribution in [3.05, 3.63) is 36.0 Å². The molecular weight excluding hydrogens is 248 g/mol. The molecule has 1 saturated carbocycles. The molecule has 0 atom stereocenters. The Bertz CT molecular complexity index is 652. The smallest absolute Gasteiger partial charge is 0.251 e. The minimum atomic E-state index is 0.0200. The Morgan fingerprint density at radius 1 is 1.20 bits per heavy atom. The third kappa shape index (κ3) is 1.84. The third-order valence-corrected chi connectivity index (χ3v) is 5.60. The Morgan fingerprint density at radius 2 is 1.90 bits per heavy atom. The van der Waals surface area contributed by atoms with Crippen molar-refractivity contribution in [3.8, 4) is 0 Å². The van der Waals surface area contributed by atoms with Crippen LogP contribution in [0.25, 0.3) is 10.9 Å². The number of aromatic nitrogens is 1. The Labute approximate surface area is 119 Å². The highest BCUT2D eigenvalue weighted by Crippen LogP contribution is 2.67. The fourth-order valence-corrected chi connectivity index (χ4v) is 3.33. The van der Waals surface area contributed by atoms with Crippen LogP contribution >= 0.6 is 0 Å². The van der Waals surface area contributed by atoms with E-state index in [1.54, 1.807) is 0 Å². The van der Waals surface area contributed by atoms with Gasteiger partial charge in [-0.25, -0.2) is 0 Å². The summed E-state index contributed by atoms with van der Waals surface area (Å²) in [5.74, 6) is 0.571. The van der Waals surface area contributed by atoms with E-state index in [1.807, 2.05) is 30.5 Å². The van der Waals surface area contributed by atoms with Crippen molar-refractivity contribution in [1.82, 2.24) is 10.3 Å². The molecule has 0 radical (unpaired) electrons. The number of carbonyl (C=O) groups excluding carboxylic acids is 1. The summed E-state index contributed by atoms with van der Waals surface area (Å²) in [7, 11) is 0. The van der Waals surface area contributed by atoms with Crippen molar-refractivity contribution in [2.24, 2.45) is 16.7 Å². The quantitative estimate of drug-likeness (QED) is 0.879. The summed E-state index contributed by atoms with van der Waals surface area (Å²) in [6.45, 7) is 9.85. The summed E-state index contributed by atoms with van der Waals surface area (Å²) in [5, 5.41) is 4.15. The summed E-state index contributed by atoms with van der Waals surface area (Å²) in [6.07, 6.45) is 1.89. The van der Waals surface area contributed by atoms with E-state index in [4.69, 9.17) is 0 Å². The van der Waals surface area contributed by atoms with Gasteiger partial charge in [-0.3, -0.25) is 4.79 Å². The highest BCUT2D eigenvalue weighted by Gasteiger charge is 2.64. The van der Waals surface area contributed by atoms with Crippen LogP contribution < -0.4 is 5.32 Å². The van der Waals surface area contributed by atoms with Crippen LogP contribution in [0.1, 0.15) is 38.1 Å². The molecule has 0 bridgehead atoms. The van der Waals surface area contributed by atoms with Crippen molar-refractivity contribution in [3.63, 3.8) is 0 Å². The molecule has 20 heavy (non-hydrogen) atoms. The average Bonchev–Trinajstić information content (AvgIpc) is 2.75. The van der Waals surface area contributed by atoms with E-state index in [1.165, 1.54) is 0 Å². The zero-order valence-corrected chi connectivity index (χ0v) is 12.6. The lowest BCUT2D eigenvalue weighted by atomic mass is 10.0. The zero-order valence-electron chi connectivity index (χ0n) is 12.6. The van der Waals surface area contributed by atoms with E-state index >= 15 is 0 Å². The van der Waals surface area contributed by atoms with Gasteiger partial charge in [0.05, 0.1) is 0 Å². The summed E-state index contributed by atoms with van der Waals surface area (Å²) in [5.41, 5.74) is 2.41. The van der Waals surface area contributed by atoms with Crippen molar-refractivity contribution in [2.45, 2.75) is 27.7 Å². The molecule has 3 heteroatoms. The molecule has 1 fully saturated rings. The van der Waals surface area contributed by atoms with Gasteiger partial charge < -0.3 is 10.3 Å². The molecule has 1 amide bonds. The highest BCUT2D eigenvalue weighted by molar-refractivity contribution is 5.98. The van der Waals surface area contributed by atoms with E-state index in [9.17, 15) is 4.79 Å². The number of nitrogens with one attached hydrogen (secondary N) is 2. The molecule has 3 rings (SSSR count). The van der Waals surface area contributed by atoms with Gasteiger partial charge in [0.2, 0.25) is 0 Å². The second-order valence-electron chi connectivity index (χ2n) is 6.99. The number of H-pyrrole nitrogens is 1. The van der Waals surface area contributed by atoms with Crippen LogP contribution in [0.15, 0.2) is 30.5 Å². The minimum absolute atomic E-state index is 0.0200. The van der Waals surface area contributed by atoms with Gasteiger partial charge >= 0.3 is 0 Å². The van der Waals surface area contributed by atoms with Crippen LogP contribution in [0.5, 0.6) is 0 Å². The first kappa shape index (κ1) is 13.2. The van der Waals surface area contributed by atoms with Crippen LogP contribution in [0, 0.1) is 16.7 Å². The Morgan fingerprint density at radius 3 is 2.55 bits per heavy atom. The largest absolute Gasteiger partial charge is 0.361 e. The predicted octanol–water partition coefficient (Wildman–Crippen LogP) is 3.58. The van der Waals surface area contributed by atoms with Gasteiger partial charge in [-0.2, -0.15) is 0 Å². The predicted molar refractivity (Wildman–Crippen MR) is 81.7 cm³/mol. The second kappa shape index (κ2) is 4.11. The Balaban J connectivity index is 1.68. The number of hydrogen-bond acceptors (Lipinski definition) is 1. The molecule has 0 unspecified atom stereocenters. The third-order valence-electron chi connectivity index (χ3n) is 5.60. The monoisotopic (exact) mass is 270 g/mol. The van der Waals surface area contributed by atoms with Crippen LogP contribution in [0.2, 0.25) is 0 Å². The first-order valence-electron chi connectivity index (χ1n) is 7.19. The van der Waals surface area contributed by atoms with Gasteiger partial charge in [-0.05, 0) is 41.0 Å². The lowest BCUT2D eigenvalue weighted by molar-refractivity contribution is 0.0950. The molecular formula is C17H22N2O. The van der Waals surface area contributed by atoms with Gasteiger partial charge in [0.15, 0.2) is 0 Å². The molecule has 3 nitrogen and oxygen atoms in total. The molecule has 0 aliphatic heterocycles. The molecule has 0 spiro atoms. The number of benzene rings is 1. The van der Waals surface area contributed by atoms with E-state index in [0.29, 0.717) is 16.7 Å². The first-order valence-corrected chi connectivity index (χ1v) is 7.19. The Hall–Kier alpha value is -1.77. The number of aromatic amines is 1. The molecule has 106 valence electrons. The lowest BCUT2D eigenvalue weighted by Crippen LogP contribution is -2.27. The first-order chi connectivity index (χ1) is 9.34. The fraction of sp³-hybridized carbons (Fsp3) is 0.471. The normalized spacial score (nSPS) is 20.0. The minimum Gasteiger partial charge on any atom is -0.361 e. The molecule has 1 aliphatic carbocycles. The average molecular weight is 270 g/mol. The number of carbonyl (C=O) groups is 1. The van der Waals surface area contributed by atoms with Crippen molar-refractivity contribution in [1.29, 1.82) is 0 Å². The summed E-state index contributed by atoms with van der Waals surface area (Å²) in [4.78, 5) is 15.4. The molecule has 0 saturated heterocycles. The van der Waals surface area contributed by atoms with Gasteiger partial charge in [0, 0.05) is 29.2 Å². The van der Waals surface area contributed by atoms with E-state index in [2.05, 4.69) is 38.0 Å². The fourth-order valence-electron chi connectivity index (χ4n) is 3.33. The van der Waals surface area contributed by atoms with Crippen molar-refractivity contribution in [2.75, 3.05) is 6.54 Å². The number of fused-ring (bicyclic) bond motifs is 1. The van der Waals surface area contributed by atoms with Crippen LogP contribution in [0.3, 0.4) is 0 Å². The number of rotatable bonds is 3. The topological polar surface area (TPSA) is 44.9 Å². The highest BCUT2D eigenvalue weighted by atomic mass is 16.1. The molecule has 2 N–H and O–H groups in total. The molecule has 1 aromatic heterocycles. The second-order valence-corrected chi connectivity index (χ2v) is 6.99. The maximum atomic E-state index is 12.2. The maximum Gasteiger partial charge on any atom is 0.251 e. The van der Waals surface area contributed by atoms with Gasteiger partial charge in [-0.1, -0.05) is 27.7 Å². The summed E-state index contributed by atoms with van der Waals surface area (Å²) < 4.78 is 0. The van der Waals surface area contributed by atoms with Crippen LogP contribution in [-0.4, -0.2) is 17.4 Å². The lowest BCUT2D eigenvalue weighted by Gasteiger charge is -2.06. The summed E-state index contributed by atoms with van der Waals surface area (Å²) >= 11 is 0. The number of amides is 1. The van der Waals surface area contributed by atoms with Crippen molar-refractivity contribution < 1.29 is 4.79 Å². The van der Waals surface area contributed by atoms with E-state index in [0.717, 1.165) is 23.0 Å². The SMILES string of the molecule is CC1(C)C(CNC(=O)c2ccc3[nH]ccc3c2)C1(C)C. The number of hydrogen-bond donors (Lipinski definition) is 2. The molecule has 2 aromatic rings. The van der Waals surface area contributed by atoms with Crippen LogP contribution in [0.4, 0.5) is 0 Å². The molecule has 1 heterocycles. The van der Waals surface area contributed by atoms with Gasteiger partial charge in [0.1, 0.15) is 0 Å². The summed E-state index contributed by atoms with van der Waals surface area (Å²) in [6, 6.07) is 7.75. The van der Waals surface area contributed by atoms with E-state index < -0.39 is 0 Å². The van der Waals surface area contributed by atoms with Gasteiger partial charge in [-0.15, -0.1) is 0 Å².